The van der Waals surface area contributed by atoms with Gasteiger partial charge in [-0.1, -0.05) is 30.3 Å². The van der Waals surface area contributed by atoms with Crippen LogP contribution in [0, 0.1) is 0 Å². The SMILES string of the molecule is CCNC(=NCCc1nc(-c2ccco2)n[nH]1)NC1CCN(Cc2ccccc2)C(C)C1.I. The van der Waals surface area contributed by atoms with Gasteiger partial charge >= 0.3 is 0 Å². The van der Waals surface area contributed by atoms with E-state index in [0.29, 0.717) is 36.6 Å². The molecule has 0 aliphatic carbocycles. The van der Waals surface area contributed by atoms with Crippen LogP contribution in [0.4, 0.5) is 0 Å². The number of rotatable bonds is 8. The van der Waals surface area contributed by atoms with Crippen molar-refractivity contribution in [3.63, 3.8) is 0 Å². The summed E-state index contributed by atoms with van der Waals surface area (Å²) in [5.41, 5.74) is 1.38. The third-order valence-corrected chi connectivity index (χ3v) is 5.82. The minimum Gasteiger partial charge on any atom is -0.461 e. The first-order valence-corrected chi connectivity index (χ1v) is 11.5. The fraction of sp³-hybridized carbons (Fsp3) is 0.458. The molecule has 0 radical (unpaired) electrons. The van der Waals surface area contributed by atoms with Gasteiger partial charge in [-0.2, -0.15) is 5.10 Å². The topological polar surface area (TPSA) is 94.4 Å². The summed E-state index contributed by atoms with van der Waals surface area (Å²) in [6, 6.07) is 15.4. The standard InChI is InChI=1S/C24H33N7O.HI/c1-3-25-24(26-13-11-22-28-23(30-29-22)21-10-7-15-32-21)27-20-12-14-31(18(2)16-20)17-19-8-5-4-6-9-19;/h4-10,15,18,20H,3,11-14,16-17H2,1-2H3,(H2,25,26,27)(H,28,29,30);1H. The van der Waals surface area contributed by atoms with Crippen LogP contribution in [0.2, 0.25) is 0 Å². The number of hydrogen-bond acceptors (Lipinski definition) is 5. The van der Waals surface area contributed by atoms with E-state index in [1.54, 1.807) is 6.26 Å². The fourth-order valence-electron chi connectivity index (χ4n) is 4.11. The predicted octanol–water partition coefficient (Wildman–Crippen LogP) is 3.83. The van der Waals surface area contributed by atoms with Crippen LogP contribution in [0.15, 0.2) is 58.1 Å². The zero-order valence-corrected chi connectivity index (χ0v) is 21.7. The molecule has 8 nitrogen and oxygen atoms in total. The molecule has 3 aromatic rings. The highest BCUT2D eigenvalue weighted by Crippen LogP contribution is 2.20. The van der Waals surface area contributed by atoms with Crippen molar-refractivity contribution in [2.75, 3.05) is 19.6 Å². The van der Waals surface area contributed by atoms with Crippen LogP contribution in [0.1, 0.15) is 38.1 Å². The van der Waals surface area contributed by atoms with Crippen LogP contribution in [-0.4, -0.2) is 57.8 Å². The van der Waals surface area contributed by atoms with Gasteiger partial charge in [-0.05, 0) is 44.4 Å². The van der Waals surface area contributed by atoms with Crippen molar-refractivity contribution in [3.05, 3.63) is 60.1 Å². The van der Waals surface area contributed by atoms with Crippen molar-refractivity contribution < 1.29 is 4.42 Å². The van der Waals surface area contributed by atoms with Crippen LogP contribution in [0.25, 0.3) is 11.6 Å². The van der Waals surface area contributed by atoms with Gasteiger partial charge in [0.25, 0.3) is 0 Å². The van der Waals surface area contributed by atoms with Gasteiger partial charge in [0.15, 0.2) is 11.7 Å². The molecule has 0 amide bonds. The van der Waals surface area contributed by atoms with Gasteiger partial charge in [-0.3, -0.25) is 15.0 Å². The van der Waals surface area contributed by atoms with E-state index < -0.39 is 0 Å². The maximum Gasteiger partial charge on any atom is 0.216 e. The fourth-order valence-corrected chi connectivity index (χ4v) is 4.11. The molecule has 1 aliphatic rings. The first kappa shape index (κ1) is 25.2. The van der Waals surface area contributed by atoms with Gasteiger partial charge in [-0.15, -0.1) is 24.0 Å². The lowest BCUT2D eigenvalue weighted by Gasteiger charge is -2.38. The monoisotopic (exact) mass is 563 g/mol. The van der Waals surface area contributed by atoms with Crippen molar-refractivity contribution in [3.8, 4) is 11.6 Å². The number of likely N-dealkylation sites (tertiary alicyclic amines) is 1. The van der Waals surface area contributed by atoms with Crippen LogP contribution in [0.5, 0.6) is 0 Å². The quantitative estimate of drug-likeness (QED) is 0.219. The normalized spacial score (nSPS) is 19.2. The highest BCUT2D eigenvalue weighted by Gasteiger charge is 2.26. The second-order valence-electron chi connectivity index (χ2n) is 8.26. The molecule has 1 fully saturated rings. The number of piperidine rings is 1. The van der Waals surface area contributed by atoms with Crippen LogP contribution in [0.3, 0.4) is 0 Å². The summed E-state index contributed by atoms with van der Waals surface area (Å²) in [6.07, 6.45) is 4.52. The summed E-state index contributed by atoms with van der Waals surface area (Å²) < 4.78 is 5.35. The minimum atomic E-state index is 0. The number of guanidine groups is 1. The molecule has 0 saturated carbocycles. The van der Waals surface area contributed by atoms with Crippen molar-refractivity contribution in [1.29, 1.82) is 0 Å². The summed E-state index contributed by atoms with van der Waals surface area (Å²) in [5.74, 6) is 2.92. The first-order valence-electron chi connectivity index (χ1n) is 11.5. The lowest BCUT2D eigenvalue weighted by Crippen LogP contribution is -2.51. The molecule has 33 heavy (non-hydrogen) atoms. The van der Waals surface area contributed by atoms with E-state index in [4.69, 9.17) is 9.41 Å². The van der Waals surface area contributed by atoms with E-state index in [1.165, 1.54) is 5.56 Å². The number of nitrogens with zero attached hydrogens (tertiary/aromatic N) is 4. The summed E-state index contributed by atoms with van der Waals surface area (Å²) in [6.45, 7) is 7.97. The molecular weight excluding hydrogens is 529 g/mol. The van der Waals surface area contributed by atoms with Crippen molar-refractivity contribution >= 4 is 29.9 Å². The average Bonchev–Trinajstić information content (AvgIpc) is 3.49. The first-order chi connectivity index (χ1) is 15.7. The average molecular weight is 563 g/mol. The number of hydrogen-bond donors (Lipinski definition) is 3. The zero-order valence-electron chi connectivity index (χ0n) is 19.3. The zero-order chi connectivity index (χ0) is 22.2. The molecule has 0 spiro atoms. The largest absolute Gasteiger partial charge is 0.461 e. The number of benzene rings is 1. The van der Waals surface area contributed by atoms with Gasteiger partial charge in [-0.25, -0.2) is 4.98 Å². The van der Waals surface area contributed by atoms with Crippen molar-refractivity contribution in [1.82, 2.24) is 30.7 Å². The lowest BCUT2D eigenvalue weighted by atomic mass is 9.97. The third-order valence-electron chi connectivity index (χ3n) is 5.82. The van der Waals surface area contributed by atoms with Gasteiger partial charge in [0, 0.05) is 44.7 Å². The molecule has 2 atom stereocenters. The minimum absolute atomic E-state index is 0. The summed E-state index contributed by atoms with van der Waals surface area (Å²) >= 11 is 0. The number of H-pyrrole nitrogens is 1. The molecule has 1 aliphatic heterocycles. The second kappa shape index (κ2) is 12.7. The van der Waals surface area contributed by atoms with Crippen LogP contribution >= 0.6 is 24.0 Å². The van der Waals surface area contributed by atoms with Gasteiger partial charge in [0.1, 0.15) is 5.82 Å². The molecule has 1 saturated heterocycles. The molecular formula is C24H34IN7O. The number of aliphatic imine (C=N–C) groups is 1. The molecule has 4 rings (SSSR count). The molecule has 3 heterocycles. The number of nitrogens with one attached hydrogen (secondary N) is 3. The van der Waals surface area contributed by atoms with Crippen molar-refractivity contribution in [2.45, 2.75) is 51.7 Å². The second-order valence-corrected chi connectivity index (χ2v) is 8.26. The van der Waals surface area contributed by atoms with E-state index >= 15 is 0 Å². The highest BCUT2D eigenvalue weighted by atomic mass is 127. The molecule has 2 unspecified atom stereocenters. The van der Waals surface area contributed by atoms with Crippen LogP contribution in [-0.2, 0) is 13.0 Å². The lowest BCUT2D eigenvalue weighted by molar-refractivity contribution is 0.134. The summed E-state index contributed by atoms with van der Waals surface area (Å²) in [7, 11) is 0. The predicted molar refractivity (Wildman–Crippen MR) is 142 cm³/mol. The van der Waals surface area contributed by atoms with Crippen LogP contribution < -0.4 is 10.6 Å². The smallest absolute Gasteiger partial charge is 0.216 e. The van der Waals surface area contributed by atoms with Gasteiger partial charge < -0.3 is 15.1 Å². The Bertz CT molecular complexity index is 974. The Morgan fingerprint density at radius 1 is 1.24 bits per heavy atom. The van der Waals surface area contributed by atoms with E-state index in [2.05, 4.69) is 74.9 Å². The number of aromatic nitrogens is 3. The Balaban J connectivity index is 0.00000306. The van der Waals surface area contributed by atoms with Crippen molar-refractivity contribution in [2.24, 2.45) is 4.99 Å². The Labute approximate surface area is 212 Å². The molecule has 3 N–H and O–H groups in total. The Kier molecular flexibility index (Phi) is 9.74. The van der Waals surface area contributed by atoms with Gasteiger partial charge in [0.2, 0.25) is 5.82 Å². The molecule has 1 aromatic carbocycles. The molecule has 2 aromatic heterocycles. The van der Waals surface area contributed by atoms with Gasteiger partial charge in [0.05, 0.1) is 6.26 Å². The Morgan fingerprint density at radius 3 is 2.82 bits per heavy atom. The molecule has 0 bridgehead atoms. The van der Waals surface area contributed by atoms with E-state index in [-0.39, 0.29) is 24.0 Å². The van der Waals surface area contributed by atoms with E-state index in [0.717, 1.165) is 44.3 Å². The maximum atomic E-state index is 5.35. The summed E-state index contributed by atoms with van der Waals surface area (Å²) in [5, 5.41) is 14.2. The maximum absolute atomic E-state index is 5.35. The Morgan fingerprint density at radius 2 is 2.09 bits per heavy atom. The third kappa shape index (κ3) is 7.29. The molecule has 178 valence electrons. The summed E-state index contributed by atoms with van der Waals surface area (Å²) in [4.78, 5) is 11.8. The number of furan rings is 1. The Hall–Kier alpha value is -2.40. The number of aromatic amines is 1. The van der Waals surface area contributed by atoms with E-state index in [1.807, 2.05) is 12.1 Å². The van der Waals surface area contributed by atoms with E-state index in [9.17, 15) is 0 Å². The molecule has 9 heteroatoms. The highest BCUT2D eigenvalue weighted by molar-refractivity contribution is 14.0. The number of halogens is 1.